The predicted molar refractivity (Wildman–Crippen MR) is 99.0 cm³/mol. The molecule has 0 spiro atoms. The maximum absolute atomic E-state index is 12.3. The van der Waals surface area contributed by atoms with Crippen molar-refractivity contribution in [2.24, 2.45) is 0 Å². The van der Waals surface area contributed by atoms with E-state index in [0.29, 0.717) is 23.8 Å². The first-order valence-electron chi connectivity index (χ1n) is 9.00. The summed E-state index contributed by atoms with van der Waals surface area (Å²) in [7, 11) is -3.26. The van der Waals surface area contributed by atoms with Crippen LogP contribution < -0.4 is 5.32 Å². The molecule has 1 atom stereocenters. The SMILES string of the molecule is O=C(NC1CCC(c2nc3cc(Cl)ccc3o2)CC1)C1CCCS1(=O)=O. The number of aromatic nitrogens is 1. The molecule has 1 amide bonds. The Balaban J connectivity index is 1.37. The first-order chi connectivity index (χ1) is 12.4. The number of nitrogens with zero attached hydrogens (tertiary/aromatic N) is 1. The van der Waals surface area contributed by atoms with Gasteiger partial charge in [0.15, 0.2) is 21.3 Å². The van der Waals surface area contributed by atoms with Gasteiger partial charge in [0, 0.05) is 17.0 Å². The van der Waals surface area contributed by atoms with E-state index in [2.05, 4.69) is 10.3 Å². The van der Waals surface area contributed by atoms with Gasteiger partial charge >= 0.3 is 0 Å². The van der Waals surface area contributed by atoms with Crippen LogP contribution in [0, 0.1) is 0 Å². The number of benzene rings is 1. The fraction of sp³-hybridized carbons (Fsp3) is 0.556. The summed E-state index contributed by atoms with van der Waals surface area (Å²) in [6, 6.07) is 5.41. The molecule has 8 heteroatoms. The van der Waals surface area contributed by atoms with Gasteiger partial charge < -0.3 is 9.73 Å². The molecule has 2 fully saturated rings. The van der Waals surface area contributed by atoms with Gasteiger partial charge in [-0.15, -0.1) is 0 Å². The molecule has 1 aromatic heterocycles. The van der Waals surface area contributed by atoms with Gasteiger partial charge in [-0.3, -0.25) is 4.79 Å². The van der Waals surface area contributed by atoms with E-state index < -0.39 is 15.1 Å². The lowest BCUT2D eigenvalue weighted by Gasteiger charge is -2.28. The number of amides is 1. The summed E-state index contributed by atoms with van der Waals surface area (Å²) in [5.74, 6) is 0.719. The Hall–Kier alpha value is -1.60. The van der Waals surface area contributed by atoms with Gasteiger partial charge in [0.25, 0.3) is 0 Å². The Bertz CT molecular complexity index is 932. The lowest BCUT2D eigenvalue weighted by molar-refractivity contribution is -0.121. The highest BCUT2D eigenvalue weighted by Crippen LogP contribution is 2.34. The average molecular weight is 397 g/mol. The number of carbonyl (C=O) groups excluding carboxylic acids is 1. The van der Waals surface area contributed by atoms with E-state index >= 15 is 0 Å². The quantitative estimate of drug-likeness (QED) is 0.860. The Morgan fingerprint density at radius 3 is 2.65 bits per heavy atom. The van der Waals surface area contributed by atoms with Crippen LogP contribution in [0.4, 0.5) is 0 Å². The molecule has 140 valence electrons. The zero-order valence-corrected chi connectivity index (χ0v) is 15.9. The zero-order chi connectivity index (χ0) is 18.3. The van der Waals surface area contributed by atoms with Gasteiger partial charge in [-0.2, -0.15) is 0 Å². The van der Waals surface area contributed by atoms with Crippen molar-refractivity contribution in [1.29, 1.82) is 0 Å². The highest BCUT2D eigenvalue weighted by molar-refractivity contribution is 7.93. The standard InChI is InChI=1S/C18H21ClN2O4S/c19-12-5-8-15-14(10-12)21-18(25-15)11-3-6-13(7-4-11)20-17(22)16-2-1-9-26(16,23)24/h5,8,10-11,13,16H,1-4,6-7,9H2,(H,20,22). The highest BCUT2D eigenvalue weighted by atomic mass is 35.5. The Morgan fingerprint density at radius 1 is 1.19 bits per heavy atom. The molecule has 26 heavy (non-hydrogen) atoms. The van der Waals surface area contributed by atoms with Crippen molar-refractivity contribution in [3.8, 4) is 0 Å². The topological polar surface area (TPSA) is 89.3 Å². The monoisotopic (exact) mass is 396 g/mol. The maximum atomic E-state index is 12.3. The Labute approximate surface area is 157 Å². The van der Waals surface area contributed by atoms with E-state index in [1.807, 2.05) is 6.07 Å². The van der Waals surface area contributed by atoms with Crippen LogP contribution in [0.1, 0.15) is 50.3 Å². The lowest BCUT2D eigenvalue weighted by atomic mass is 9.86. The smallest absolute Gasteiger partial charge is 0.238 e. The maximum Gasteiger partial charge on any atom is 0.238 e. The fourth-order valence-electron chi connectivity index (χ4n) is 3.96. The number of halogens is 1. The van der Waals surface area contributed by atoms with E-state index in [9.17, 15) is 13.2 Å². The number of sulfone groups is 1. The summed E-state index contributed by atoms with van der Waals surface area (Å²) in [5, 5.41) is 2.71. The molecule has 0 radical (unpaired) electrons. The highest BCUT2D eigenvalue weighted by Gasteiger charge is 2.38. The van der Waals surface area contributed by atoms with Crippen LogP contribution in [0.3, 0.4) is 0 Å². The summed E-state index contributed by atoms with van der Waals surface area (Å²) in [6.07, 6.45) is 4.31. The number of fused-ring (bicyclic) bond motifs is 1. The molecule has 1 saturated carbocycles. The van der Waals surface area contributed by atoms with Crippen LogP contribution in [0.5, 0.6) is 0 Å². The van der Waals surface area contributed by atoms with Gasteiger partial charge in [-0.1, -0.05) is 11.6 Å². The van der Waals surface area contributed by atoms with Crippen molar-refractivity contribution in [3.05, 3.63) is 29.1 Å². The van der Waals surface area contributed by atoms with Crippen LogP contribution in [0.25, 0.3) is 11.1 Å². The summed E-state index contributed by atoms with van der Waals surface area (Å²) in [5.41, 5.74) is 1.49. The third-order valence-electron chi connectivity index (χ3n) is 5.41. The third-order valence-corrected chi connectivity index (χ3v) is 7.82. The second-order valence-electron chi connectivity index (χ2n) is 7.22. The van der Waals surface area contributed by atoms with Crippen molar-refractivity contribution < 1.29 is 17.6 Å². The predicted octanol–water partition coefficient (Wildman–Crippen LogP) is 3.20. The second kappa shape index (κ2) is 6.85. The Kier molecular flexibility index (Phi) is 4.69. The summed E-state index contributed by atoms with van der Waals surface area (Å²) in [4.78, 5) is 16.8. The minimum absolute atomic E-state index is 0.0216. The van der Waals surface area contributed by atoms with Crippen molar-refractivity contribution in [3.63, 3.8) is 0 Å². The normalized spacial score (nSPS) is 28.3. The molecule has 1 aliphatic carbocycles. The van der Waals surface area contributed by atoms with Gasteiger partial charge in [0.1, 0.15) is 10.8 Å². The van der Waals surface area contributed by atoms with Crippen molar-refractivity contribution in [2.45, 2.75) is 55.7 Å². The van der Waals surface area contributed by atoms with E-state index in [1.54, 1.807) is 12.1 Å². The molecule has 1 N–H and O–H groups in total. The van der Waals surface area contributed by atoms with Crippen LogP contribution in [0.15, 0.2) is 22.6 Å². The lowest BCUT2D eigenvalue weighted by Crippen LogP contribution is -2.44. The largest absolute Gasteiger partial charge is 0.440 e. The third kappa shape index (κ3) is 3.47. The molecular formula is C18H21ClN2O4S. The van der Waals surface area contributed by atoms with Crippen molar-refractivity contribution in [2.75, 3.05) is 5.75 Å². The van der Waals surface area contributed by atoms with Gasteiger partial charge in [-0.25, -0.2) is 13.4 Å². The average Bonchev–Trinajstić information content (AvgIpc) is 3.17. The molecule has 2 aliphatic rings. The summed E-state index contributed by atoms with van der Waals surface area (Å²) < 4.78 is 29.7. The number of carbonyl (C=O) groups is 1. The molecule has 2 heterocycles. The van der Waals surface area contributed by atoms with E-state index in [1.165, 1.54) is 0 Å². The first-order valence-corrected chi connectivity index (χ1v) is 11.1. The molecule has 1 unspecified atom stereocenters. The van der Waals surface area contributed by atoms with Crippen LogP contribution in [-0.4, -0.2) is 36.4 Å². The van der Waals surface area contributed by atoms with E-state index in [0.717, 1.165) is 36.8 Å². The number of rotatable bonds is 3. The van der Waals surface area contributed by atoms with Crippen LogP contribution in [-0.2, 0) is 14.6 Å². The van der Waals surface area contributed by atoms with Gasteiger partial charge in [0.2, 0.25) is 5.91 Å². The van der Waals surface area contributed by atoms with E-state index in [4.69, 9.17) is 16.0 Å². The molecule has 6 nitrogen and oxygen atoms in total. The summed E-state index contributed by atoms with van der Waals surface area (Å²) in [6.45, 7) is 0. The van der Waals surface area contributed by atoms with Crippen molar-refractivity contribution in [1.82, 2.24) is 10.3 Å². The van der Waals surface area contributed by atoms with Crippen LogP contribution in [0.2, 0.25) is 5.02 Å². The fourth-order valence-corrected chi connectivity index (χ4v) is 5.90. The van der Waals surface area contributed by atoms with Gasteiger partial charge in [-0.05, 0) is 56.7 Å². The minimum atomic E-state index is -3.26. The molecule has 4 rings (SSSR count). The van der Waals surface area contributed by atoms with Crippen LogP contribution >= 0.6 is 11.6 Å². The molecule has 1 aliphatic heterocycles. The minimum Gasteiger partial charge on any atom is -0.440 e. The number of nitrogens with one attached hydrogen (secondary N) is 1. The Morgan fingerprint density at radius 2 is 1.96 bits per heavy atom. The molecule has 0 bridgehead atoms. The van der Waals surface area contributed by atoms with Crippen molar-refractivity contribution >= 4 is 38.4 Å². The molecule has 2 aromatic rings. The molecule has 1 aromatic carbocycles. The number of hydrogen-bond acceptors (Lipinski definition) is 5. The number of hydrogen-bond donors (Lipinski definition) is 1. The molecule has 1 saturated heterocycles. The molecular weight excluding hydrogens is 376 g/mol. The van der Waals surface area contributed by atoms with E-state index in [-0.39, 0.29) is 23.6 Å². The number of oxazole rings is 1. The zero-order valence-electron chi connectivity index (χ0n) is 14.3. The first kappa shape index (κ1) is 17.8. The summed E-state index contributed by atoms with van der Waals surface area (Å²) >= 11 is 5.99. The second-order valence-corrected chi connectivity index (χ2v) is 9.96. The van der Waals surface area contributed by atoms with Gasteiger partial charge in [0.05, 0.1) is 5.75 Å².